The topological polar surface area (TPSA) is 72.0 Å². The van der Waals surface area contributed by atoms with E-state index in [2.05, 4.69) is 39.4 Å². The van der Waals surface area contributed by atoms with Crippen molar-refractivity contribution in [1.29, 1.82) is 0 Å². The molecule has 0 aliphatic carbocycles. The van der Waals surface area contributed by atoms with Crippen LogP contribution in [0.5, 0.6) is 6.01 Å². The maximum absolute atomic E-state index is 5.51. The molecule has 0 saturated heterocycles. The van der Waals surface area contributed by atoms with Gasteiger partial charge < -0.3 is 15.4 Å². The van der Waals surface area contributed by atoms with Crippen LogP contribution in [0.3, 0.4) is 0 Å². The lowest BCUT2D eigenvalue weighted by atomic mass is 10.3. The van der Waals surface area contributed by atoms with Crippen LogP contribution in [0.1, 0.15) is 41.0 Å². The van der Waals surface area contributed by atoms with Gasteiger partial charge in [0.05, 0.1) is 6.10 Å². The molecular weight excluding hydrogens is 230 g/mol. The number of rotatable bonds is 7. The van der Waals surface area contributed by atoms with E-state index >= 15 is 0 Å². The summed E-state index contributed by atoms with van der Waals surface area (Å²) in [6, 6.07) is 0.663. The lowest BCUT2D eigenvalue weighted by Crippen LogP contribution is -2.18. The first kappa shape index (κ1) is 14.5. The molecule has 1 atom stereocenters. The number of anilines is 2. The summed E-state index contributed by atoms with van der Waals surface area (Å²) in [5, 5.41) is 6.29. The average molecular weight is 253 g/mol. The van der Waals surface area contributed by atoms with Crippen LogP contribution in [0, 0.1) is 0 Å². The first-order chi connectivity index (χ1) is 8.55. The zero-order valence-corrected chi connectivity index (χ0v) is 11.8. The molecule has 0 amide bonds. The van der Waals surface area contributed by atoms with E-state index in [9.17, 15) is 0 Å². The van der Waals surface area contributed by atoms with Crippen LogP contribution in [-0.4, -0.2) is 33.6 Å². The minimum atomic E-state index is 0.0401. The molecule has 1 aromatic rings. The van der Waals surface area contributed by atoms with Gasteiger partial charge >= 0.3 is 6.01 Å². The third kappa shape index (κ3) is 4.73. The van der Waals surface area contributed by atoms with Crippen LogP contribution >= 0.6 is 0 Å². The molecule has 0 radical (unpaired) electrons. The van der Waals surface area contributed by atoms with E-state index in [1.807, 2.05) is 20.8 Å². The largest absolute Gasteiger partial charge is 0.461 e. The van der Waals surface area contributed by atoms with Crippen LogP contribution < -0.4 is 15.4 Å². The van der Waals surface area contributed by atoms with E-state index in [4.69, 9.17) is 4.74 Å². The van der Waals surface area contributed by atoms with E-state index in [1.54, 1.807) is 0 Å². The predicted octanol–water partition coefficient (Wildman–Crippen LogP) is 2.30. The van der Waals surface area contributed by atoms with Gasteiger partial charge in [0.25, 0.3) is 0 Å². The van der Waals surface area contributed by atoms with Crippen molar-refractivity contribution < 1.29 is 4.74 Å². The number of hydrogen-bond donors (Lipinski definition) is 2. The van der Waals surface area contributed by atoms with Crippen molar-refractivity contribution in [3.8, 4) is 6.01 Å². The number of ether oxygens (including phenoxy) is 1. The van der Waals surface area contributed by atoms with Crippen LogP contribution in [-0.2, 0) is 0 Å². The Morgan fingerprint density at radius 3 is 2.28 bits per heavy atom. The third-order valence-corrected chi connectivity index (χ3v) is 2.28. The van der Waals surface area contributed by atoms with Crippen LogP contribution in [0.25, 0.3) is 0 Å². The van der Waals surface area contributed by atoms with E-state index < -0.39 is 0 Å². The highest BCUT2D eigenvalue weighted by Crippen LogP contribution is 2.13. The molecule has 0 saturated carbocycles. The molecule has 0 aliphatic rings. The molecule has 1 unspecified atom stereocenters. The first-order valence-electron chi connectivity index (χ1n) is 6.48. The van der Waals surface area contributed by atoms with Crippen molar-refractivity contribution in [1.82, 2.24) is 15.0 Å². The zero-order chi connectivity index (χ0) is 13.5. The number of hydrogen-bond acceptors (Lipinski definition) is 6. The molecular formula is C12H23N5O. The Bertz CT molecular complexity index is 369. The molecule has 6 nitrogen and oxygen atoms in total. The van der Waals surface area contributed by atoms with Gasteiger partial charge in [-0.1, -0.05) is 6.92 Å². The molecule has 0 aliphatic heterocycles. The lowest BCUT2D eigenvalue weighted by Gasteiger charge is -2.14. The van der Waals surface area contributed by atoms with Gasteiger partial charge in [0.1, 0.15) is 0 Å². The van der Waals surface area contributed by atoms with Crippen molar-refractivity contribution in [2.24, 2.45) is 0 Å². The summed E-state index contributed by atoms with van der Waals surface area (Å²) in [4.78, 5) is 12.7. The molecule has 0 spiro atoms. The monoisotopic (exact) mass is 253 g/mol. The van der Waals surface area contributed by atoms with E-state index in [-0.39, 0.29) is 6.10 Å². The fourth-order valence-electron chi connectivity index (χ4n) is 1.24. The average Bonchev–Trinajstić information content (AvgIpc) is 2.28. The summed E-state index contributed by atoms with van der Waals surface area (Å²) in [7, 11) is 0. The smallest absolute Gasteiger partial charge is 0.323 e. The Hall–Kier alpha value is -1.59. The third-order valence-electron chi connectivity index (χ3n) is 2.28. The molecule has 2 N–H and O–H groups in total. The lowest BCUT2D eigenvalue weighted by molar-refractivity contribution is 0.222. The summed E-state index contributed by atoms with van der Waals surface area (Å²) in [5.41, 5.74) is 0. The van der Waals surface area contributed by atoms with Gasteiger partial charge in [-0.15, -0.1) is 0 Å². The van der Waals surface area contributed by atoms with Crippen LogP contribution in [0.15, 0.2) is 0 Å². The van der Waals surface area contributed by atoms with Gasteiger partial charge in [0.2, 0.25) is 11.9 Å². The van der Waals surface area contributed by atoms with Crippen molar-refractivity contribution in [2.45, 2.75) is 53.2 Å². The molecule has 102 valence electrons. The van der Waals surface area contributed by atoms with Gasteiger partial charge in [0.15, 0.2) is 0 Å². The Morgan fingerprint density at radius 2 is 1.72 bits per heavy atom. The predicted molar refractivity (Wildman–Crippen MR) is 73.1 cm³/mol. The minimum Gasteiger partial charge on any atom is -0.461 e. The zero-order valence-electron chi connectivity index (χ0n) is 11.8. The maximum atomic E-state index is 5.51. The second kappa shape index (κ2) is 6.98. The quantitative estimate of drug-likeness (QED) is 0.777. The summed E-state index contributed by atoms with van der Waals surface area (Å²) in [5.74, 6) is 1.08. The van der Waals surface area contributed by atoms with E-state index in [1.165, 1.54) is 0 Å². The number of nitrogens with one attached hydrogen (secondary N) is 2. The molecule has 1 aromatic heterocycles. The molecule has 0 bridgehead atoms. The van der Waals surface area contributed by atoms with Crippen LogP contribution in [0.4, 0.5) is 11.9 Å². The normalized spacial score (nSPS) is 12.3. The molecule has 1 rings (SSSR count). The molecule has 6 heteroatoms. The highest BCUT2D eigenvalue weighted by molar-refractivity contribution is 5.36. The molecule has 0 aromatic carbocycles. The first-order valence-corrected chi connectivity index (χ1v) is 6.48. The van der Waals surface area contributed by atoms with Crippen molar-refractivity contribution in [2.75, 3.05) is 17.2 Å². The molecule has 0 fully saturated rings. The van der Waals surface area contributed by atoms with E-state index in [0.29, 0.717) is 23.9 Å². The fourth-order valence-corrected chi connectivity index (χ4v) is 1.24. The van der Waals surface area contributed by atoms with Gasteiger partial charge in [-0.25, -0.2) is 0 Å². The van der Waals surface area contributed by atoms with Crippen molar-refractivity contribution >= 4 is 11.9 Å². The minimum absolute atomic E-state index is 0.0401. The highest BCUT2D eigenvalue weighted by atomic mass is 16.5. The second-order valence-electron chi connectivity index (χ2n) is 4.42. The van der Waals surface area contributed by atoms with Crippen molar-refractivity contribution in [3.05, 3.63) is 0 Å². The fraction of sp³-hybridized carbons (Fsp3) is 0.750. The maximum Gasteiger partial charge on any atom is 0.323 e. The van der Waals surface area contributed by atoms with Gasteiger partial charge in [-0.2, -0.15) is 15.0 Å². The van der Waals surface area contributed by atoms with Gasteiger partial charge in [-0.05, 0) is 34.1 Å². The van der Waals surface area contributed by atoms with Crippen molar-refractivity contribution in [3.63, 3.8) is 0 Å². The molecule has 1 heterocycles. The number of nitrogens with zero attached hydrogens (tertiary/aromatic N) is 3. The number of aromatic nitrogens is 3. The second-order valence-corrected chi connectivity index (χ2v) is 4.42. The summed E-state index contributed by atoms with van der Waals surface area (Å²) in [6.45, 7) is 10.8. The highest BCUT2D eigenvalue weighted by Gasteiger charge is 2.10. The standard InChI is InChI=1S/C12H23N5O/c1-6-9(5)14-11-15-10(13-7-2)16-12(17-11)18-8(3)4/h8-9H,6-7H2,1-5H3,(H2,13,14,15,16,17). The Balaban J connectivity index is 2.90. The van der Waals surface area contributed by atoms with Crippen LogP contribution in [0.2, 0.25) is 0 Å². The summed E-state index contributed by atoms with van der Waals surface area (Å²) in [6.07, 6.45) is 1.04. The Kier molecular flexibility index (Phi) is 5.61. The Labute approximate surface area is 109 Å². The van der Waals surface area contributed by atoms with Gasteiger partial charge in [0, 0.05) is 12.6 Å². The SMILES string of the molecule is CCNc1nc(NC(C)CC)nc(OC(C)C)n1. The summed E-state index contributed by atoms with van der Waals surface area (Å²) < 4.78 is 5.51. The van der Waals surface area contributed by atoms with Gasteiger partial charge in [-0.3, -0.25) is 0 Å². The van der Waals surface area contributed by atoms with E-state index in [0.717, 1.165) is 13.0 Å². The Morgan fingerprint density at radius 1 is 1.06 bits per heavy atom. The summed E-state index contributed by atoms with van der Waals surface area (Å²) >= 11 is 0. The molecule has 18 heavy (non-hydrogen) atoms.